The molecule has 1 aromatic rings. The van der Waals surface area contributed by atoms with Crippen LogP contribution in [0.15, 0.2) is 24.3 Å². The molecule has 1 unspecified atom stereocenters. The van der Waals surface area contributed by atoms with E-state index in [1.807, 2.05) is 0 Å². The van der Waals surface area contributed by atoms with Gasteiger partial charge >= 0.3 is 5.97 Å². The van der Waals surface area contributed by atoms with Crippen molar-refractivity contribution in [3.8, 4) is 0 Å². The van der Waals surface area contributed by atoms with Gasteiger partial charge in [0.1, 0.15) is 0 Å². The lowest BCUT2D eigenvalue weighted by Gasteiger charge is -2.08. The Morgan fingerprint density at radius 1 is 1.33 bits per heavy atom. The van der Waals surface area contributed by atoms with Gasteiger partial charge in [0.2, 0.25) is 5.91 Å². The van der Waals surface area contributed by atoms with E-state index in [1.165, 1.54) is 31.2 Å². The fraction of sp³-hybridized carbons (Fsp3) is 0.250. The summed E-state index contributed by atoms with van der Waals surface area (Å²) in [5.74, 6) is -2.72. The molecule has 0 heterocycles. The predicted octanol–water partition coefficient (Wildman–Crippen LogP) is 0.236. The molecule has 6 nitrogen and oxygen atoms in total. The number of primary amides is 1. The smallest absolute Gasteiger partial charge is 0.308 e. The molecular formula is C12H14N2O4. The van der Waals surface area contributed by atoms with Gasteiger partial charge < -0.3 is 16.2 Å². The molecule has 0 aliphatic rings. The number of carbonyl (C=O) groups is 3. The van der Waals surface area contributed by atoms with E-state index in [0.717, 1.165) is 0 Å². The summed E-state index contributed by atoms with van der Waals surface area (Å²) in [4.78, 5) is 33.2. The van der Waals surface area contributed by atoms with Crippen molar-refractivity contribution in [2.24, 2.45) is 11.7 Å². The second-order valence-corrected chi connectivity index (χ2v) is 3.89. The molecule has 0 saturated carbocycles. The average Bonchev–Trinajstić information content (AvgIpc) is 2.35. The van der Waals surface area contributed by atoms with E-state index in [2.05, 4.69) is 5.32 Å². The van der Waals surface area contributed by atoms with E-state index >= 15 is 0 Å². The van der Waals surface area contributed by atoms with Gasteiger partial charge in [-0.2, -0.15) is 0 Å². The van der Waals surface area contributed by atoms with Crippen LogP contribution in [0.2, 0.25) is 0 Å². The minimum atomic E-state index is -0.985. The zero-order valence-electron chi connectivity index (χ0n) is 9.84. The van der Waals surface area contributed by atoms with Crippen molar-refractivity contribution in [1.82, 2.24) is 5.32 Å². The largest absolute Gasteiger partial charge is 0.481 e. The maximum absolute atomic E-state index is 11.7. The van der Waals surface area contributed by atoms with E-state index in [0.29, 0.717) is 0 Å². The molecule has 0 aliphatic carbocycles. The van der Waals surface area contributed by atoms with Crippen LogP contribution < -0.4 is 11.1 Å². The number of aliphatic carboxylic acids is 1. The van der Waals surface area contributed by atoms with Crippen molar-refractivity contribution in [2.75, 3.05) is 6.54 Å². The van der Waals surface area contributed by atoms with Crippen molar-refractivity contribution in [1.29, 1.82) is 0 Å². The quantitative estimate of drug-likeness (QED) is 0.695. The Morgan fingerprint density at radius 3 is 2.50 bits per heavy atom. The van der Waals surface area contributed by atoms with E-state index in [9.17, 15) is 14.4 Å². The molecule has 4 N–H and O–H groups in total. The van der Waals surface area contributed by atoms with Crippen LogP contribution in [0.1, 0.15) is 27.6 Å². The number of nitrogens with two attached hydrogens (primary N) is 1. The first kappa shape index (κ1) is 13.7. The Hall–Kier alpha value is -2.37. The van der Waals surface area contributed by atoms with E-state index < -0.39 is 23.7 Å². The molecule has 6 heteroatoms. The van der Waals surface area contributed by atoms with Gasteiger partial charge in [-0.05, 0) is 18.2 Å². The lowest BCUT2D eigenvalue weighted by molar-refractivity contribution is -0.140. The van der Waals surface area contributed by atoms with Gasteiger partial charge in [-0.15, -0.1) is 0 Å². The van der Waals surface area contributed by atoms with Crippen LogP contribution in [-0.4, -0.2) is 29.4 Å². The number of carboxylic acids is 1. The lowest BCUT2D eigenvalue weighted by Crippen LogP contribution is -2.31. The molecule has 0 fully saturated rings. The number of rotatable bonds is 5. The van der Waals surface area contributed by atoms with Gasteiger partial charge in [0, 0.05) is 17.7 Å². The van der Waals surface area contributed by atoms with Crippen molar-refractivity contribution in [3.63, 3.8) is 0 Å². The molecule has 1 rings (SSSR count). The molecule has 18 heavy (non-hydrogen) atoms. The van der Waals surface area contributed by atoms with Gasteiger partial charge in [-0.3, -0.25) is 14.4 Å². The van der Waals surface area contributed by atoms with Crippen LogP contribution in [0.4, 0.5) is 0 Å². The molecular weight excluding hydrogens is 236 g/mol. The zero-order chi connectivity index (χ0) is 13.7. The van der Waals surface area contributed by atoms with Crippen molar-refractivity contribution in [2.45, 2.75) is 6.92 Å². The summed E-state index contributed by atoms with van der Waals surface area (Å²) in [6.07, 6.45) is 0. The third-order valence-corrected chi connectivity index (χ3v) is 2.40. The summed E-state index contributed by atoms with van der Waals surface area (Å²) >= 11 is 0. The van der Waals surface area contributed by atoms with Gasteiger partial charge in [-0.1, -0.05) is 13.0 Å². The first-order valence-corrected chi connectivity index (χ1v) is 5.32. The van der Waals surface area contributed by atoms with Crippen LogP contribution in [-0.2, 0) is 4.79 Å². The lowest BCUT2D eigenvalue weighted by atomic mass is 10.1. The highest BCUT2D eigenvalue weighted by Gasteiger charge is 2.13. The summed E-state index contributed by atoms with van der Waals surface area (Å²) in [5, 5.41) is 11.1. The highest BCUT2D eigenvalue weighted by molar-refractivity contribution is 5.99. The fourth-order valence-electron chi connectivity index (χ4n) is 1.25. The number of amides is 2. The third kappa shape index (κ3) is 3.58. The molecule has 0 aromatic heterocycles. The highest BCUT2D eigenvalue weighted by Crippen LogP contribution is 2.05. The summed E-state index contributed by atoms with van der Waals surface area (Å²) < 4.78 is 0. The number of carbonyl (C=O) groups excluding carboxylic acids is 2. The molecule has 0 aliphatic heterocycles. The maximum Gasteiger partial charge on any atom is 0.308 e. The van der Waals surface area contributed by atoms with Gasteiger partial charge in [0.15, 0.2) is 0 Å². The summed E-state index contributed by atoms with van der Waals surface area (Å²) in [6, 6.07) is 5.92. The zero-order valence-corrected chi connectivity index (χ0v) is 9.84. The molecule has 0 radical (unpaired) electrons. The van der Waals surface area contributed by atoms with Crippen LogP contribution >= 0.6 is 0 Å². The van der Waals surface area contributed by atoms with Crippen molar-refractivity contribution >= 4 is 17.8 Å². The van der Waals surface area contributed by atoms with E-state index in [-0.39, 0.29) is 17.7 Å². The van der Waals surface area contributed by atoms with Crippen LogP contribution in [0.3, 0.4) is 0 Å². The monoisotopic (exact) mass is 250 g/mol. The number of carboxylic acid groups (broad SMARTS) is 1. The molecule has 96 valence electrons. The van der Waals surface area contributed by atoms with Crippen LogP contribution in [0.5, 0.6) is 0 Å². The number of benzene rings is 1. The second kappa shape index (κ2) is 5.81. The highest BCUT2D eigenvalue weighted by atomic mass is 16.4. The Kier molecular flexibility index (Phi) is 4.42. The summed E-state index contributed by atoms with van der Waals surface area (Å²) in [6.45, 7) is 1.51. The van der Waals surface area contributed by atoms with Crippen molar-refractivity contribution in [3.05, 3.63) is 35.4 Å². The van der Waals surface area contributed by atoms with Crippen LogP contribution in [0, 0.1) is 5.92 Å². The van der Waals surface area contributed by atoms with Crippen molar-refractivity contribution < 1.29 is 19.5 Å². The number of nitrogens with one attached hydrogen (secondary N) is 1. The molecule has 1 atom stereocenters. The maximum atomic E-state index is 11.7. The number of hydrogen-bond donors (Lipinski definition) is 3. The van der Waals surface area contributed by atoms with Crippen LogP contribution in [0.25, 0.3) is 0 Å². The Bertz CT molecular complexity index is 485. The molecule has 0 spiro atoms. The van der Waals surface area contributed by atoms with E-state index in [4.69, 9.17) is 10.8 Å². The SMILES string of the molecule is CC(CNC(=O)c1cccc(C(N)=O)c1)C(=O)O. The molecule has 0 saturated heterocycles. The topological polar surface area (TPSA) is 109 Å². The Balaban J connectivity index is 2.70. The molecule has 1 aromatic carbocycles. The normalized spacial score (nSPS) is 11.6. The van der Waals surface area contributed by atoms with Gasteiger partial charge in [-0.25, -0.2) is 0 Å². The second-order valence-electron chi connectivity index (χ2n) is 3.89. The minimum absolute atomic E-state index is 0.0228. The number of hydrogen-bond acceptors (Lipinski definition) is 3. The Labute approximate surface area is 104 Å². The Morgan fingerprint density at radius 2 is 1.94 bits per heavy atom. The fourth-order valence-corrected chi connectivity index (χ4v) is 1.25. The first-order chi connectivity index (χ1) is 8.41. The standard InChI is InChI=1S/C12H14N2O4/c1-7(12(17)18)6-14-11(16)9-4-2-3-8(5-9)10(13)15/h2-5,7H,6H2,1H3,(H2,13,15)(H,14,16)(H,17,18). The van der Waals surface area contributed by atoms with Gasteiger partial charge in [0.25, 0.3) is 5.91 Å². The average molecular weight is 250 g/mol. The van der Waals surface area contributed by atoms with E-state index in [1.54, 1.807) is 0 Å². The summed E-state index contributed by atoms with van der Waals surface area (Å²) in [5.41, 5.74) is 5.59. The van der Waals surface area contributed by atoms with Gasteiger partial charge in [0.05, 0.1) is 5.92 Å². The molecule has 2 amide bonds. The third-order valence-electron chi connectivity index (χ3n) is 2.40. The minimum Gasteiger partial charge on any atom is -0.481 e. The summed E-state index contributed by atoms with van der Waals surface area (Å²) in [7, 11) is 0. The first-order valence-electron chi connectivity index (χ1n) is 5.32. The molecule has 0 bridgehead atoms. The predicted molar refractivity (Wildman–Crippen MR) is 64.1 cm³/mol.